The quantitative estimate of drug-likeness (QED) is 0.828. The minimum absolute atomic E-state index is 0.151. The second kappa shape index (κ2) is 6.67. The maximum atomic E-state index is 12.9. The smallest absolute Gasteiger partial charge is 0.253 e. The maximum absolute atomic E-state index is 12.9. The number of rotatable bonds is 2. The molecule has 2 saturated heterocycles. The zero-order valence-corrected chi connectivity index (χ0v) is 14.2. The average molecular weight is 330 g/mol. The molecule has 1 saturated carbocycles. The SMILES string of the molecule is O=C(C1CN(c2ncccn2)CCO1)N1CCC2(CCCCC2)C1. The van der Waals surface area contributed by atoms with Gasteiger partial charge >= 0.3 is 0 Å². The van der Waals surface area contributed by atoms with E-state index < -0.39 is 0 Å². The van der Waals surface area contributed by atoms with Crippen molar-refractivity contribution in [3.8, 4) is 0 Å². The Morgan fingerprint density at radius 2 is 1.92 bits per heavy atom. The molecule has 1 unspecified atom stereocenters. The number of nitrogens with zero attached hydrogens (tertiary/aromatic N) is 4. The van der Waals surface area contributed by atoms with Gasteiger partial charge in [0, 0.05) is 32.0 Å². The summed E-state index contributed by atoms with van der Waals surface area (Å²) in [7, 11) is 0. The molecule has 2 aliphatic heterocycles. The first-order valence-corrected chi connectivity index (χ1v) is 9.18. The molecule has 3 fully saturated rings. The Hall–Kier alpha value is -1.69. The number of morpholine rings is 1. The molecule has 6 heteroatoms. The van der Waals surface area contributed by atoms with Crippen molar-refractivity contribution in [2.45, 2.75) is 44.6 Å². The zero-order chi connectivity index (χ0) is 16.4. The molecule has 1 aromatic rings. The first-order valence-electron chi connectivity index (χ1n) is 9.18. The largest absolute Gasteiger partial charge is 0.365 e. The van der Waals surface area contributed by atoms with Crippen LogP contribution in [0.3, 0.4) is 0 Å². The molecule has 3 aliphatic rings. The van der Waals surface area contributed by atoms with Crippen LogP contribution >= 0.6 is 0 Å². The van der Waals surface area contributed by atoms with Crippen LogP contribution in [0.15, 0.2) is 18.5 Å². The van der Waals surface area contributed by atoms with Gasteiger partial charge < -0.3 is 14.5 Å². The summed E-state index contributed by atoms with van der Waals surface area (Å²) in [6.45, 7) is 3.64. The van der Waals surface area contributed by atoms with Crippen LogP contribution in [0.4, 0.5) is 5.95 Å². The lowest BCUT2D eigenvalue weighted by Gasteiger charge is -2.36. The number of carbonyl (C=O) groups excluding carboxylic acids is 1. The van der Waals surface area contributed by atoms with E-state index in [1.807, 2.05) is 4.90 Å². The topological polar surface area (TPSA) is 58.6 Å². The molecule has 0 radical (unpaired) electrons. The molecule has 1 aromatic heterocycles. The molecule has 1 atom stereocenters. The standard InChI is InChI=1S/C18H26N4O2/c23-16(22-10-7-18(14-22)5-2-1-3-6-18)15-13-21(11-12-24-15)17-19-8-4-9-20-17/h4,8-9,15H,1-3,5-7,10-14H2. The number of anilines is 1. The molecular formula is C18H26N4O2. The minimum Gasteiger partial charge on any atom is -0.365 e. The van der Waals surface area contributed by atoms with E-state index in [0.717, 1.165) is 26.1 Å². The van der Waals surface area contributed by atoms with Crippen molar-refractivity contribution in [3.05, 3.63) is 18.5 Å². The number of amides is 1. The van der Waals surface area contributed by atoms with Crippen LogP contribution in [-0.4, -0.2) is 59.7 Å². The van der Waals surface area contributed by atoms with Crippen LogP contribution in [0.25, 0.3) is 0 Å². The number of carbonyl (C=O) groups is 1. The predicted molar refractivity (Wildman–Crippen MR) is 90.7 cm³/mol. The summed E-state index contributed by atoms with van der Waals surface area (Å²) in [6.07, 6.45) is 10.8. The van der Waals surface area contributed by atoms with Crippen molar-refractivity contribution >= 4 is 11.9 Å². The number of ether oxygens (including phenoxy) is 1. The van der Waals surface area contributed by atoms with Crippen LogP contribution in [0, 0.1) is 5.41 Å². The third kappa shape index (κ3) is 3.11. The number of likely N-dealkylation sites (tertiary alicyclic amines) is 1. The van der Waals surface area contributed by atoms with Gasteiger partial charge in [0.05, 0.1) is 13.2 Å². The van der Waals surface area contributed by atoms with Gasteiger partial charge in [-0.25, -0.2) is 9.97 Å². The third-order valence-electron chi connectivity index (χ3n) is 5.84. The Kier molecular flexibility index (Phi) is 4.39. The molecular weight excluding hydrogens is 304 g/mol. The van der Waals surface area contributed by atoms with Gasteiger partial charge in [-0.15, -0.1) is 0 Å². The molecule has 0 bridgehead atoms. The van der Waals surface area contributed by atoms with Crippen molar-refractivity contribution in [1.82, 2.24) is 14.9 Å². The summed E-state index contributed by atoms with van der Waals surface area (Å²) < 4.78 is 5.79. The van der Waals surface area contributed by atoms with E-state index >= 15 is 0 Å². The fraction of sp³-hybridized carbons (Fsp3) is 0.722. The number of hydrogen-bond donors (Lipinski definition) is 0. The van der Waals surface area contributed by atoms with Crippen molar-refractivity contribution in [3.63, 3.8) is 0 Å². The van der Waals surface area contributed by atoms with Gasteiger partial charge in [-0.3, -0.25) is 4.79 Å². The van der Waals surface area contributed by atoms with Crippen LogP contribution in [0.5, 0.6) is 0 Å². The van der Waals surface area contributed by atoms with E-state index in [1.165, 1.54) is 32.1 Å². The molecule has 1 aliphatic carbocycles. The summed E-state index contributed by atoms with van der Waals surface area (Å²) in [6, 6.07) is 1.81. The molecule has 1 amide bonds. The maximum Gasteiger partial charge on any atom is 0.253 e. The normalized spacial score (nSPS) is 26.8. The van der Waals surface area contributed by atoms with E-state index in [4.69, 9.17) is 4.74 Å². The van der Waals surface area contributed by atoms with Crippen molar-refractivity contribution in [2.24, 2.45) is 5.41 Å². The van der Waals surface area contributed by atoms with Crippen LogP contribution in [0.1, 0.15) is 38.5 Å². The predicted octanol–water partition coefficient (Wildman–Crippen LogP) is 1.86. The highest BCUT2D eigenvalue weighted by Crippen LogP contribution is 2.43. The van der Waals surface area contributed by atoms with E-state index in [0.29, 0.717) is 24.5 Å². The second-order valence-corrected chi connectivity index (χ2v) is 7.42. The lowest BCUT2D eigenvalue weighted by atomic mass is 9.73. The van der Waals surface area contributed by atoms with Crippen LogP contribution < -0.4 is 4.90 Å². The van der Waals surface area contributed by atoms with E-state index in [-0.39, 0.29) is 12.0 Å². The van der Waals surface area contributed by atoms with Crippen molar-refractivity contribution in [2.75, 3.05) is 37.7 Å². The van der Waals surface area contributed by atoms with Gasteiger partial charge in [-0.1, -0.05) is 19.3 Å². The Morgan fingerprint density at radius 1 is 1.12 bits per heavy atom. The molecule has 4 rings (SSSR count). The van der Waals surface area contributed by atoms with Gasteiger partial charge in [-0.2, -0.15) is 0 Å². The monoisotopic (exact) mass is 330 g/mol. The van der Waals surface area contributed by atoms with Gasteiger partial charge in [0.25, 0.3) is 5.91 Å². The number of aromatic nitrogens is 2. The lowest BCUT2D eigenvalue weighted by molar-refractivity contribution is -0.143. The highest BCUT2D eigenvalue weighted by atomic mass is 16.5. The summed E-state index contributed by atoms with van der Waals surface area (Å²) in [5.74, 6) is 0.835. The molecule has 0 aromatic carbocycles. The average Bonchev–Trinajstić information content (AvgIpc) is 3.06. The Morgan fingerprint density at radius 3 is 2.71 bits per heavy atom. The van der Waals surface area contributed by atoms with Gasteiger partial charge in [0.2, 0.25) is 5.95 Å². The van der Waals surface area contributed by atoms with Crippen LogP contribution in [0.2, 0.25) is 0 Å². The highest BCUT2D eigenvalue weighted by Gasteiger charge is 2.42. The highest BCUT2D eigenvalue weighted by molar-refractivity contribution is 5.82. The molecule has 3 heterocycles. The Labute approximate surface area is 143 Å². The fourth-order valence-electron chi connectivity index (χ4n) is 4.47. The van der Waals surface area contributed by atoms with E-state index in [1.54, 1.807) is 18.5 Å². The first-order chi connectivity index (χ1) is 11.8. The second-order valence-electron chi connectivity index (χ2n) is 7.42. The van der Waals surface area contributed by atoms with Gasteiger partial charge in [0.15, 0.2) is 6.10 Å². The molecule has 130 valence electrons. The molecule has 1 spiro atoms. The first kappa shape index (κ1) is 15.8. The van der Waals surface area contributed by atoms with Crippen molar-refractivity contribution in [1.29, 1.82) is 0 Å². The van der Waals surface area contributed by atoms with E-state index in [9.17, 15) is 4.79 Å². The van der Waals surface area contributed by atoms with Crippen molar-refractivity contribution < 1.29 is 9.53 Å². The lowest BCUT2D eigenvalue weighted by Crippen LogP contribution is -2.51. The van der Waals surface area contributed by atoms with Gasteiger partial charge in [-0.05, 0) is 30.7 Å². The zero-order valence-electron chi connectivity index (χ0n) is 14.2. The van der Waals surface area contributed by atoms with E-state index in [2.05, 4.69) is 14.9 Å². The molecule has 24 heavy (non-hydrogen) atoms. The summed E-state index contributed by atoms with van der Waals surface area (Å²) in [5.41, 5.74) is 0.394. The summed E-state index contributed by atoms with van der Waals surface area (Å²) in [4.78, 5) is 25.6. The molecule has 6 nitrogen and oxygen atoms in total. The Balaban J connectivity index is 1.39. The van der Waals surface area contributed by atoms with Gasteiger partial charge in [0.1, 0.15) is 0 Å². The minimum atomic E-state index is -0.388. The molecule has 0 N–H and O–H groups in total. The fourth-order valence-corrected chi connectivity index (χ4v) is 4.47. The van der Waals surface area contributed by atoms with Crippen LogP contribution in [-0.2, 0) is 9.53 Å². The summed E-state index contributed by atoms with van der Waals surface area (Å²) >= 11 is 0. The summed E-state index contributed by atoms with van der Waals surface area (Å²) in [5, 5.41) is 0. The third-order valence-corrected chi connectivity index (χ3v) is 5.84. The Bertz CT molecular complexity index is 574. The number of hydrogen-bond acceptors (Lipinski definition) is 5.